The van der Waals surface area contributed by atoms with Crippen LogP contribution in [0.25, 0.3) is 0 Å². The van der Waals surface area contributed by atoms with Gasteiger partial charge in [-0.15, -0.1) is 0 Å². The van der Waals surface area contributed by atoms with Crippen LogP contribution < -0.4 is 5.32 Å². The van der Waals surface area contributed by atoms with Crippen molar-refractivity contribution in [3.05, 3.63) is 29.8 Å². The van der Waals surface area contributed by atoms with Crippen LogP contribution in [-0.4, -0.2) is 42.0 Å². The summed E-state index contributed by atoms with van der Waals surface area (Å²) in [6.45, 7) is 2.77. The van der Waals surface area contributed by atoms with Gasteiger partial charge in [0.2, 0.25) is 5.91 Å². The number of carbonyl (C=O) groups excluding carboxylic acids is 1. The quantitative estimate of drug-likeness (QED) is 0.807. The number of rotatable bonds is 5. The number of hydrogen-bond donors (Lipinski definition) is 2. The van der Waals surface area contributed by atoms with E-state index in [9.17, 15) is 9.59 Å². The van der Waals surface area contributed by atoms with Gasteiger partial charge in [0.05, 0.1) is 12.1 Å². The Morgan fingerprint density at radius 3 is 2.35 bits per heavy atom. The van der Waals surface area contributed by atoms with Crippen molar-refractivity contribution in [3.8, 4) is 0 Å². The molecule has 0 atom stereocenters. The predicted octanol–water partition coefficient (Wildman–Crippen LogP) is 1.28. The molecule has 0 aromatic heterocycles. The van der Waals surface area contributed by atoms with Crippen molar-refractivity contribution in [2.24, 2.45) is 0 Å². The summed E-state index contributed by atoms with van der Waals surface area (Å²) in [5, 5.41) is 11.7. The van der Waals surface area contributed by atoms with E-state index >= 15 is 0 Å². The molecular weight excluding hydrogens is 220 g/mol. The topological polar surface area (TPSA) is 69.6 Å². The first-order chi connectivity index (χ1) is 8.04. The van der Waals surface area contributed by atoms with Gasteiger partial charge in [0.25, 0.3) is 0 Å². The van der Waals surface area contributed by atoms with E-state index in [1.165, 1.54) is 12.1 Å². The molecule has 0 unspecified atom stereocenters. The number of nitrogens with zero attached hydrogens (tertiary/aromatic N) is 1. The predicted molar refractivity (Wildman–Crippen MR) is 65.2 cm³/mol. The Morgan fingerprint density at radius 2 is 1.88 bits per heavy atom. The highest BCUT2D eigenvalue weighted by atomic mass is 16.4. The van der Waals surface area contributed by atoms with E-state index in [1.807, 2.05) is 6.92 Å². The molecule has 1 amide bonds. The monoisotopic (exact) mass is 236 g/mol. The van der Waals surface area contributed by atoms with Gasteiger partial charge in [-0.25, -0.2) is 4.79 Å². The summed E-state index contributed by atoms with van der Waals surface area (Å²) in [4.78, 5) is 23.7. The Bertz CT molecular complexity index is 401. The van der Waals surface area contributed by atoms with Crippen molar-refractivity contribution in [1.29, 1.82) is 0 Å². The number of carboxylic acid groups (broad SMARTS) is 1. The van der Waals surface area contributed by atoms with Crippen molar-refractivity contribution in [3.63, 3.8) is 0 Å². The van der Waals surface area contributed by atoms with Gasteiger partial charge < -0.3 is 15.3 Å². The molecule has 0 spiro atoms. The van der Waals surface area contributed by atoms with E-state index in [0.717, 1.165) is 5.69 Å². The highest BCUT2D eigenvalue weighted by Crippen LogP contribution is 2.09. The maximum Gasteiger partial charge on any atom is 0.335 e. The summed E-state index contributed by atoms with van der Waals surface area (Å²) in [6.07, 6.45) is 0. The normalized spacial score (nSPS) is 9.76. The second-order valence-electron chi connectivity index (χ2n) is 3.64. The Labute approximate surface area is 100 Å². The summed E-state index contributed by atoms with van der Waals surface area (Å²) < 4.78 is 0. The smallest absolute Gasteiger partial charge is 0.335 e. The van der Waals surface area contributed by atoms with Crippen molar-refractivity contribution < 1.29 is 14.7 Å². The molecule has 1 aromatic rings. The average molecular weight is 236 g/mol. The zero-order valence-electron chi connectivity index (χ0n) is 9.93. The lowest BCUT2D eigenvalue weighted by Gasteiger charge is -2.15. The lowest BCUT2D eigenvalue weighted by Crippen LogP contribution is -2.31. The molecule has 1 rings (SSSR count). The molecule has 5 nitrogen and oxygen atoms in total. The van der Waals surface area contributed by atoms with Gasteiger partial charge >= 0.3 is 5.97 Å². The number of nitrogens with one attached hydrogen (secondary N) is 1. The number of amides is 1. The lowest BCUT2D eigenvalue weighted by molar-refractivity contribution is -0.127. The number of anilines is 1. The summed E-state index contributed by atoms with van der Waals surface area (Å²) in [5.74, 6) is -0.965. The molecule has 1 aromatic carbocycles. The molecule has 0 bridgehead atoms. The first-order valence-electron chi connectivity index (χ1n) is 5.35. The second-order valence-corrected chi connectivity index (χ2v) is 3.64. The Morgan fingerprint density at radius 1 is 1.29 bits per heavy atom. The summed E-state index contributed by atoms with van der Waals surface area (Å²) in [7, 11) is 1.73. The van der Waals surface area contributed by atoms with Crippen LogP contribution in [0.2, 0.25) is 0 Å². The molecule has 0 aliphatic heterocycles. The number of aromatic carboxylic acids is 1. The molecular formula is C12H16N2O3. The van der Waals surface area contributed by atoms with Gasteiger partial charge in [-0.05, 0) is 31.2 Å². The van der Waals surface area contributed by atoms with Gasteiger partial charge in [-0.1, -0.05) is 0 Å². The fourth-order valence-corrected chi connectivity index (χ4v) is 1.22. The third kappa shape index (κ3) is 3.79. The Kier molecular flexibility index (Phi) is 4.51. The summed E-state index contributed by atoms with van der Waals surface area (Å²) in [5.41, 5.74) is 0.959. The summed E-state index contributed by atoms with van der Waals surface area (Å²) in [6, 6.07) is 6.28. The van der Waals surface area contributed by atoms with Crippen LogP contribution in [0.15, 0.2) is 24.3 Å². The van der Waals surface area contributed by atoms with Gasteiger partial charge in [-0.3, -0.25) is 4.79 Å². The maximum absolute atomic E-state index is 11.5. The number of hydrogen-bond acceptors (Lipinski definition) is 3. The molecule has 17 heavy (non-hydrogen) atoms. The van der Waals surface area contributed by atoms with E-state index in [4.69, 9.17) is 5.11 Å². The minimum Gasteiger partial charge on any atom is -0.478 e. The van der Waals surface area contributed by atoms with Gasteiger partial charge in [0, 0.05) is 19.3 Å². The van der Waals surface area contributed by atoms with Crippen molar-refractivity contribution in [1.82, 2.24) is 4.90 Å². The maximum atomic E-state index is 11.5. The molecule has 0 fully saturated rings. The molecule has 0 saturated heterocycles. The number of carbonyl (C=O) groups is 2. The fraction of sp³-hybridized carbons (Fsp3) is 0.333. The van der Waals surface area contributed by atoms with E-state index in [0.29, 0.717) is 6.54 Å². The second kappa shape index (κ2) is 5.89. The average Bonchev–Trinajstić information content (AvgIpc) is 2.35. The highest BCUT2D eigenvalue weighted by molar-refractivity contribution is 5.88. The third-order valence-electron chi connectivity index (χ3n) is 2.48. The molecule has 0 saturated carbocycles. The van der Waals surface area contributed by atoms with E-state index in [2.05, 4.69) is 5.32 Å². The highest BCUT2D eigenvalue weighted by Gasteiger charge is 2.06. The van der Waals surface area contributed by atoms with Crippen LogP contribution in [0.1, 0.15) is 17.3 Å². The molecule has 2 N–H and O–H groups in total. The van der Waals surface area contributed by atoms with Crippen LogP contribution >= 0.6 is 0 Å². The lowest BCUT2D eigenvalue weighted by atomic mass is 10.2. The zero-order valence-corrected chi connectivity index (χ0v) is 9.93. The molecule has 0 aliphatic carbocycles. The molecule has 5 heteroatoms. The zero-order chi connectivity index (χ0) is 12.8. The SMILES string of the molecule is CCN(C)C(=O)CNc1ccc(C(=O)O)cc1. The van der Waals surface area contributed by atoms with Crippen molar-refractivity contribution in [2.45, 2.75) is 6.92 Å². The number of carboxylic acids is 1. The van der Waals surface area contributed by atoms with E-state index in [1.54, 1.807) is 24.1 Å². The van der Waals surface area contributed by atoms with Gasteiger partial charge in [0.1, 0.15) is 0 Å². The van der Waals surface area contributed by atoms with Crippen LogP contribution in [0, 0.1) is 0 Å². The molecule has 0 aliphatic rings. The minimum atomic E-state index is -0.960. The minimum absolute atomic E-state index is 0.00480. The van der Waals surface area contributed by atoms with Crippen LogP contribution in [0.3, 0.4) is 0 Å². The molecule has 0 radical (unpaired) electrons. The van der Waals surface area contributed by atoms with Crippen molar-refractivity contribution in [2.75, 3.05) is 25.5 Å². The van der Waals surface area contributed by atoms with Crippen LogP contribution in [-0.2, 0) is 4.79 Å². The first kappa shape index (κ1) is 13.0. The first-order valence-corrected chi connectivity index (χ1v) is 5.35. The van der Waals surface area contributed by atoms with E-state index in [-0.39, 0.29) is 18.0 Å². The Hall–Kier alpha value is -2.04. The van der Waals surface area contributed by atoms with E-state index < -0.39 is 5.97 Å². The number of benzene rings is 1. The molecule has 92 valence electrons. The Balaban J connectivity index is 2.53. The fourth-order valence-electron chi connectivity index (χ4n) is 1.22. The summed E-state index contributed by atoms with van der Waals surface area (Å²) >= 11 is 0. The van der Waals surface area contributed by atoms with Gasteiger partial charge in [0.15, 0.2) is 0 Å². The van der Waals surface area contributed by atoms with Gasteiger partial charge in [-0.2, -0.15) is 0 Å². The third-order valence-corrected chi connectivity index (χ3v) is 2.48. The largest absolute Gasteiger partial charge is 0.478 e. The van der Waals surface area contributed by atoms with Crippen molar-refractivity contribution >= 4 is 17.6 Å². The number of likely N-dealkylation sites (N-methyl/N-ethyl adjacent to an activating group) is 1. The van der Waals surface area contributed by atoms with Crippen LogP contribution in [0.4, 0.5) is 5.69 Å². The van der Waals surface area contributed by atoms with Crippen LogP contribution in [0.5, 0.6) is 0 Å². The standard InChI is InChI=1S/C12H16N2O3/c1-3-14(2)11(15)8-13-10-6-4-9(5-7-10)12(16)17/h4-7,13H,3,8H2,1-2H3,(H,16,17). The molecule has 0 heterocycles.